The van der Waals surface area contributed by atoms with E-state index in [9.17, 15) is 14.4 Å². The highest BCUT2D eigenvalue weighted by Gasteiger charge is 2.27. The van der Waals surface area contributed by atoms with Crippen LogP contribution in [0.25, 0.3) is 0 Å². The lowest BCUT2D eigenvalue weighted by atomic mass is 9.99. The van der Waals surface area contributed by atoms with Crippen molar-refractivity contribution in [3.63, 3.8) is 0 Å². The molecule has 0 aliphatic carbocycles. The lowest BCUT2D eigenvalue weighted by Gasteiger charge is -2.21. The number of nitrogens with one attached hydrogen (secondary N) is 1. The first-order valence-corrected chi connectivity index (χ1v) is 6.98. The second-order valence-corrected chi connectivity index (χ2v) is 4.73. The average molecular weight is 315 g/mol. The summed E-state index contributed by atoms with van der Waals surface area (Å²) < 4.78 is 19.4. The van der Waals surface area contributed by atoms with Crippen LogP contribution in [-0.4, -0.2) is 50.8 Å². The Labute approximate surface area is 128 Å². The topological polar surface area (TPSA) is 100 Å². The summed E-state index contributed by atoms with van der Waals surface area (Å²) in [7, 11) is 1.25. The Morgan fingerprint density at radius 2 is 2.09 bits per heavy atom. The van der Waals surface area contributed by atoms with Gasteiger partial charge in [-0.05, 0) is 5.92 Å². The van der Waals surface area contributed by atoms with E-state index in [2.05, 4.69) is 10.1 Å². The summed E-state index contributed by atoms with van der Waals surface area (Å²) in [6.45, 7) is 3.77. The first-order valence-electron chi connectivity index (χ1n) is 6.98. The van der Waals surface area contributed by atoms with Crippen LogP contribution in [0.4, 0.5) is 0 Å². The highest BCUT2D eigenvalue weighted by Crippen LogP contribution is 2.09. The Morgan fingerprint density at radius 1 is 1.36 bits per heavy atom. The molecule has 1 heterocycles. The second-order valence-electron chi connectivity index (χ2n) is 4.73. The standard InChI is InChI=1S/C14H21NO7/c1-4-9(2)12(14(18)19-3)15-11(16)8-22-13(17)10-7-20-5-6-21-10/h7,9,12H,4-6,8H2,1-3H3,(H,15,16)/t9-,12-/m1/s1. The lowest BCUT2D eigenvalue weighted by Crippen LogP contribution is -2.47. The van der Waals surface area contributed by atoms with Gasteiger partial charge in [0, 0.05) is 0 Å². The first kappa shape index (κ1) is 17.8. The second kappa shape index (κ2) is 8.91. The maximum atomic E-state index is 11.8. The summed E-state index contributed by atoms with van der Waals surface area (Å²) in [5.74, 6) is -2.13. The first-order chi connectivity index (χ1) is 10.5. The minimum atomic E-state index is -0.798. The van der Waals surface area contributed by atoms with Crippen LogP contribution < -0.4 is 5.32 Å². The quantitative estimate of drug-likeness (QED) is 0.666. The fourth-order valence-corrected chi connectivity index (χ4v) is 1.69. The SMILES string of the molecule is CC[C@@H](C)[C@@H](NC(=O)COC(=O)C1=COCCO1)C(=O)OC. The number of ether oxygens (including phenoxy) is 4. The molecule has 22 heavy (non-hydrogen) atoms. The van der Waals surface area contributed by atoms with Crippen molar-refractivity contribution in [3.8, 4) is 0 Å². The van der Waals surface area contributed by atoms with Crippen molar-refractivity contribution in [3.05, 3.63) is 12.0 Å². The molecule has 0 fully saturated rings. The number of rotatable bonds is 7. The van der Waals surface area contributed by atoms with Crippen LogP contribution in [0.2, 0.25) is 0 Å². The molecule has 124 valence electrons. The van der Waals surface area contributed by atoms with E-state index in [-0.39, 0.29) is 18.3 Å². The van der Waals surface area contributed by atoms with Gasteiger partial charge in [-0.2, -0.15) is 0 Å². The molecule has 0 aromatic heterocycles. The highest BCUT2D eigenvalue weighted by atomic mass is 16.6. The summed E-state index contributed by atoms with van der Waals surface area (Å²) >= 11 is 0. The van der Waals surface area contributed by atoms with Gasteiger partial charge in [0.25, 0.3) is 5.91 Å². The van der Waals surface area contributed by atoms with E-state index in [0.29, 0.717) is 13.0 Å². The lowest BCUT2D eigenvalue weighted by molar-refractivity contribution is -0.151. The van der Waals surface area contributed by atoms with E-state index in [4.69, 9.17) is 14.2 Å². The third-order valence-electron chi connectivity index (χ3n) is 3.17. The number of carbonyl (C=O) groups excluding carboxylic acids is 3. The number of hydrogen-bond donors (Lipinski definition) is 1. The van der Waals surface area contributed by atoms with Gasteiger partial charge in [-0.15, -0.1) is 0 Å². The molecule has 0 radical (unpaired) electrons. The van der Waals surface area contributed by atoms with Gasteiger partial charge in [0.15, 0.2) is 6.61 Å². The van der Waals surface area contributed by atoms with Gasteiger partial charge >= 0.3 is 11.9 Å². The predicted molar refractivity (Wildman–Crippen MR) is 74.3 cm³/mol. The van der Waals surface area contributed by atoms with E-state index in [1.165, 1.54) is 7.11 Å². The molecule has 1 amide bonds. The van der Waals surface area contributed by atoms with Crippen LogP contribution in [0.1, 0.15) is 20.3 Å². The van der Waals surface area contributed by atoms with Crippen molar-refractivity contribution in [2.75, 3.05) is 26.9 Å². The summed E-state index contributed by atoms with van der Waals surface area (Å²) in [5, 5.41) is 2.49. The van der Waals surface area contributed by atoms with E-state index in [0.717, 1.165) is 6.26 Å². The van der Waals surface area contributed by atoms with Crippen molar-refractivity contribution in [2.45, 2.75) is 26.3 Å². The Kier molecular flexibility index (Phi) is 7.21. The number of methoxy groups -OCH3 is 1. The van der Waals surface area contributed by atoms with Gasteiger partial charge in [-0.1, -0.05) is 20.3 Å². The molecule has 0 spiro atoms. The van der Waals surface area contributed by atoms with Gasteiger partial charge in [0.05, 0.1) is 7.11 Å². The minimum Gasteiger partial charge on any atom is -0.493 e. The van der Waals surface area contributed by atoms with Gasteiger partial charge in [0.1, 0.15) is 25.5 Å². The van der Waals surface area contributed by atoms with Crippen molar-refractivity contribution in [1.82, 2.24) is 5.32 Å². The van der Waals surface area contributed by atoms with Crippen LogP contribution in [0.15, 0.2) is 12.0 Å². The molecule has 1 aliphatic rings. The van der Waals surface area contributed by atoms with E-state index in [1.54, 1.807) is 0 Å². The van der Waals surface area contributed by atoms with Crippen molar-refractivity contribution in [1.29, 1.82) is 0 Å². The van der Waals surface area contributed by atoms with Gasteiger partial charge in [-0.25, -0.2) is 9.59 Å². The Hall–Kier alpha value is -2.25. The normalized spacial score (nSPS) is 16.2. The largest absolute Gasteiger partial charge is 0.493 e. The minimum absolute atomic E-state index is 0.0921. The molecule has 8 nitrogen and oxygen atoms in total. The molecule has 0 aromatic carbocycles. The van der Waals surface area contributed by atoms with Crippen LogP contribution in [0.5, 0.6) is 0 Å². The van der Waals surface area contributed by atoms with Gasteiger partial charge in [-0.3, -0.25) is 4.79 Å². The fourth-order valence-electron chi connectivity index (χ4n) is 1.69. The molecule has 8 heteroatoms. The molecule has 0 saturated heterocycles. The fraction of sp³-hybridized carbons (Fsp3) is 0.643. The van der Waals surface area contributed by atoms with E-state index in [1.807, 2.05) is 13.8 Å². The number of amides is 1. The zero-order chi connectivity index (χ0) is 16.5. The Bertz CT molecular complexity index is 446. The zero-order valence-corrected chi connectivity index (χ0v) is 12.9. The third-order valence-corrected chi connectivity index (χ3v) is 3.17. The summed E-state index contributed by atoms with van der Waals surface area (Å²) in [6, 6.07) is -0.783. The Balaban J connectivity index is 2.48. The van der Waals surface area contributed by atoms with Crippen molar-refractivity contribution >= 4 is 17.8 Å². The molecule has 0 aromatic rings. The monoisotopic (exact) mass is 315 g/mol. The van der Waals surface area contributed by atoms with E-state index >= 15 is 0 Å². The molecule has 0 saturated carbocycles. The summed E-state index contributed by atoms with van der Waals surface area (Å²) in [4.78, 5) is 35.0. The maximum Gasteiger partial charge on any atom is 0.377 e. The van der Waals surface area contributed by atoms with Crippen LogP contribution >= 0.6 is 0 Å². The maximum absolute atomic E-state index is 11.8. The molecular weight excluding hydrogens is 294 g/mol. The highest BCUT2D eigenvalue weighted by molar-refractivity contribution is 5.90. The molecule has 0 bridgehead atoms. The smallest absolute Gasteiger partial charge is 0.377 e. The predicted octanol–water partition coefficient (Wildman–Crippen LogP) is 0.122. The molecule has 1 rings (SSSR count). The summed E-state index contributed by atoms with van der Waals surface area (Å²) in [5.41, 5.74) is 0. The summed E-state index contributed by atoms with van der Waals surface area (Å²) in [6.07, 6.45) is 1.82. The number of esters is 2. The van der Waals surface area contributed by atoms with Crippen molar-refractivity contribution in [2.24, 2.45) is 5.92 Å². The van der Waals surface area contributed by atoms with Crippen LogP contribution in [0.3, 0.4) is 0 Å². The zero-order valence-electron chi connectivity index (χ0n) is 12.9. The molecule has 0 unspecified atom stereocenters. The Morgan fingerprint density at radius 3 is 2.64 bits per heavy atom. The van der Waals surface area contributed by atoms with Gasteiger partial charge < -0.3 is 24.3 Å². The third kappa shape index (κ3) is 5.27. The van der Waals surface area contributed by atoms with Crippen LogP contribution in [0, 0.1) is 5.92 Å². The number of carbonyl (C=O) groups is 3. The average Bonchev–Trinajstić information content (AvgIpc) is 2.56. The van der Waals surface area contributed by atoms with Gasteiger partial charge in [0.2, 0.25) is 5.76 Å². The van der Waals surface area contributed by atoms with E-state index < -0.39 is 30.5 Å². The van der Waals surface area contributed by atoms with Crippen LogP contribution in [-0.2, 0) is 33.3 Å². The molecule has 2 atom stereocenters. The molecule has 1 N–H and O–H groups in total. The van der Waals surface area contributed by atoms with Crippen molar-refractivity contribution < 1.29 is 33.3 Å². The number of hydrogen-bond acceptors (Lipinski definition) is 7. The molecule has 1 aliphatic heterocycles. The molecular formula is C14H21NO7.